The zero-order valence-electron chi connectivity index (χ0n) is 16.7. The maximum atomic E-state index is 11.8. The standard InChI is InChI=1S/C22H26N2O2S2/c1-5-6-15-7-8-17-12-18(10-9-16(17)11-15)28-20-14-27-19(24-20)13-23-21(25)26-22(2,3)4/h7-12,14H,5-6,13H2,1-4H3,(H,23,25). The fourth-order valence-corrected chi connectivity index (χ4v) is 4.50. The summed E-state index contributed by atoms with van der Waals surface area (Å²) < 4.78 is 5.25. The molecule has 1 amide bonds. The van der Waals surface area contributed by atoms with Crippen LogP contribution in [-0.4, -0.2) is 16.7 Å². The molecule has 1 N–H and O–H groups in total. The Kier molecular flexibility index (Phi) is 6.62. The van der Waals surface area contributed by atoms with Crippen LogP contribution in [0, 0.1) is 0 Å². The highest BCUT2D eigenvalue weighted by Gasteiger charge is 2.16. The fraction of sp³-hybridized carbons (Fsp3) is 0.364. The van der Waals surface area contributed by atoms with Crippen molar-refractivity contribution in [2.45, 2.75) is 62.6 Å². The Bertz CT molecular complexity index is 961. The van der Waals surface area contributed by atoms with Crippen LogP contribution in [-0.2, 0) is 17.7 Å². The molecule has 2 aromatic carbocycles. The number of carbonyl (C=O) groups is 1. The van der Waals surface area contributed by atoms with Crippen molar-refractivity contribution in [2.24, 2.45) is 0 Å². The molecule has 6 heteroatoms. The van der Waals surface area contributed by atoms with Gasteiger partial charge in [0.2, 0.25) is 0 Å². The molecule has 0 aliphatic carbocycles. The summed E-state index contributed by atoms with van der Waals surface area (Å²) in [6.45, 7) is 8.11. The molecule has 0 aliphatic heterocycles. The molecule has 148 valence electrons. The molecule has 0 radical (unpaired) electrons. The monoisotopic (exact) mass is 414 g/mol. The van der Waals surface area contributed by atoms with Gasteiger partial charge in [-0.05, 0) is 55.7 Å². The normalized spacial score (nSPS) is 11.6. The molecule has 0 saturated heterocycles. The Labute approximate surface area is 174 Å². The van der Waals surface area contributed by atoms with Gasteiger partial charge in [0, 0.05) is 10.3 Å². The number of benzene rings is 2. The fourth-order valence-electron chi connectivity index (χ4n) is 2.79. The van der Waals surface area contributed by atoms with Gasteiger partial charge < -0.3 is 10.1 Å². The van der Waals surface area contributed by atoms with Crippen LogP contribution < -0.4 is 5.32 Å². The molecule has 0 fully saturated rings. The van der Waals surface area contributed by atoms with Gasteiger partial charge in [0.05, 0.1) is 6.54 Å². The number of amides is 1. The van der Waals surface area contributed by atoms with E-state index in [1.807, 2.05) is 26.2 Å². The quantitative estimate of drug-likeness (QED) is 0.505. The minimum atomic E-state index is -0.499. The third-order valence-electron chi connectivity index (χ3n) is 3.95. The first kappa shape index (κ1) is 20.7. The lowest BCUT2D eigenvalue weighted by atomic mass is 10.0. The van der Waals surface area contributed by atoms with E-state index in [0.29, 0.717) is 6.54 Å². The number of thiazole rings is 1. The van der Waals surface area contributed by atoms with Crippen LogP contribution in [0.2, 0.25) is 0 Å². The van der Waals surface area contributed by atoms with Crippen LogP contribution in [0.4, 0.5) is 4.79 Å². The first-order valence-corrected chi connectivity index (χ1v) is 11.1. The molecule has 0 aliphatic rings. The molecular weight excluding hydrogens is 388 g/mol. The van der Waals surface area contributed by atoms with E-state index in [9.17, 15) is 4.79 Å². The van der Waals surface area contributed by atoms with E-state index < -0.39 is 11.7 Å². The van der Waals surface area contributed by atoms with Gasteiger partial charge in [0.25, 0.3) is 0 Å². The number of hydrogen-bond donors (Lipinski definition) is 1. The molecule has 1 aromatic heterocycles. The number of hydrogen-bond acceptors (Lipinski definition) is 5. The molecule has 0 unspecified atom stereocenters. The van der Waals surface area contributed by atoms with Crippen LogP contribution in [0.25, 0.3) is 10.8 Å². The van der Waals surface area contributed by atoms with Crippen LogP contribution in [0.5, 0.6) is 0 Å². The van der Waals surface area contributed by atoms with Crippen molar-refractivity contribution in [3.63, 3.8) is 0 Å². The molecule has 0 atom stereocenters. The van der Waals surface area contributed by atoms with E-state index in [2.05, 4.69) is 53.6 Å². The zero-order chi connectivity index (χ0) is 20.1. The molecule has 1 heterocycles. The number of carbonyl (C=O) groups excluding carboxylic acids is 1. The molecule has 3 aromatic rings. The third-order valence-corrected chi connectivity index (χ3v) is 5.86. The predicted molar refractivity (Wildman–Crippen MR) is 117 cm³/mol. The first-order chi connectivity index (χ1) is 13.3. The smallest absolute Gasteiger partial charge is 0.408 e. The number of nitrogens with one attached hydrogen (secondary N) is 1. The lowest BCUT2D eigenvalue weighted by Crippen LogP contribution is -2.32. The second-order valence-electron chi connectivity index (χ2n) is 7.63. The maximum absolute atomic E-state index is 11.8. The maximum Gasteiger partial charge on any atom is 0.408 e. The van der Waals surface area contributed by atoms with E-state index in [4.69, 9.17) is 4.74 Å². The number of aryl methyl sites for hydroxylation is 1. The Balaban J connectivity index is 1.61. The van der Waals surface area contributed by atoms with E-state index in [-0.39, 0.29) is 0 Å². The Morgan fingerprint density at radius 1 is 1.18 bits per heavy atom. The van der Waals surface area contributed by atoms with Gasteiger partial charge in [-0.15, -0.1) is 11.3 Å². The highest BCUT2D eigenvalue weighted by molar-refractivity contribution is 7.99. The summed E-state index contributed by atoms with van der Waals surface area (Å²) in [5.41, 5.74) is 0.887. The summed E-state index contributed by atoms with van der Waals surface area (Å²) >= 11 is 3.17. The van der Waals surface area contributed by atoms with Gasteiger partial charge in [-0.2, -0.15) is 0 Å². The molecular formula is C22H26N2O2S2. The van der Waals surface area contributed by atoms with Gasteiger partial charge >= 0.3 is 6.09 Å². The van der Waals surface area contributed by atoms with E-state index in [1.165, 1.54) is 27.7 Å². The van der Waals surface area contributed by atoms with Gasteiger partial charge in [-0.1, -0.05) is 49.4 Å². The van der Waals surface area contributed by atoms with Crippen molar-refractivity contribution >= 4 is 40.0 Å². The topological polar surface area (TPSA) is 51.2 Å². The molecule has 0 saturated carbocycles. The lowest BCUT2D eigenvalue weighted by Gasteiger charge is -2.19. The minimum absolute atomic E-state index is 0.373. The number of alkyl carbamates (subject to hydrolysis) is 1. The van der Waals surface area contributed by atoms with Crippen LogP contribution in [0.1, 0.15) is 44.7 Å². The molecule has 3 rings (SSSR count). The first-order valence-electron chi connectivity index (χ1n) is 9.44. The molecule has 0 spiro atoms. The van der Waals surface area contributed by atoms with Crippen LogP contribution in [0.3, 0.4) is 0 Å². The number of aromatic nitrogens is 1. The number of rotatable bonds is 6. The summed E-state index contributed by atoms with van der Waals surface area (Å²) in [7, 11) is 0. The summed E-state index contributed by atoms with van der Waals surface area (Å²) in [6, 6.07) is 13.2. The van der Waals surface area contributed by atoms with E-state index in [0.717, 1.165) is 27.8 Å². The highest BCUT2D eigenvalue weighted by atomic mass is 32.2. The predicted octanol–water partition coefficient (Wildman–Crippen LogP) is 6.42. The van der Waals surface area contributed by atoms with Gasteiger partial charge in [-0.25, -0.2) is 9.78 Å². The van der Waals surface area contributed by atoms with Crippen LogP contribution >= 0.6 is 23.1 Å². The molecule has 28 heavy (non-hydrogen) atoms. The molecule has 0 bridgehead atoms. The van der Waals surface area contributed by atoms with Gasteiger partial charge in [0.15, 0.2) is 0 Å². The third kappa shape index (κ3) is 5.97. The van der Waals surface area contributed by atoms with Crippen molar-refractivity contribution in [2.75, 3.05) is 0 Å². The zero-order valence-corrected chi connectivity index (χ0v) is 18.4. The van der Waals surface area contributed by atoms with Crippen LogP contribution in [0.15, 0.2) is 51.7 Å². The van der Waals surface area contributed by atoms with Crippen molar-refractivity contribution in [3.05, 3.63) is 52.3 Å². The average molecular weight is 415 g/mol. The summed E-state index contributed by atoms with van der Waals surface area (Å²) in [6.07, 6.45) is 1.86. The van der Waals surface area contributed by atoms with E-state index >= 15 is 0 Å². The number of ether oxygens (including phenoxy) is 1. The Morgan fingerprint density at radius 2 is 1.93 bits per heavy atom. The second-order valence-corrected chi connectivity index (χ2v) is 9.67. The summed E-state index contributed by atoms with van der Waals surface area (Å²) in [5.74, 6) is 0. The molecule has 4 nitrogen and oxygen atoms in total. The average Bonchev–Trinajstić information content (AvgIpc) is 3.06. The summed E-state index contributed by atoms with van der Waals surface area (Å²) in [4.78, 5) is 17.5. The second kappa shape index (κ2) is 8.97. The number of fused-ring (bicyclic) bond motifs is 1. The minimum Gasteiger partial charge on any atom is -0.444 e. The van der Waals surface area contributed by atoms with Gasteiger partial charge in [-0.3, -0.25) is 0 Å². The SMILES string of the molecule is CCCc1ccc2cc(Sc3csc(CNC(=O)OC(C)(C)C)n3)ccc2c1. The summed E-state index contributed by atoms with van der Waals surface area (Å²) in [5, 5.41) is 9.08. The highest BCUT2D eigenvalue weighted by Crippen LogP contribution is 2.31. The van der Waals surface area contributed by atoms with Crippen molar-refractivity contribution < 1.29 is 9.53 Å². The Hall–Kier alpha value is -2.05. The van der Waals surface area contributed by atoms with E-state index in [1.54, 1.807) is 11.8 Å². The lowest BCUT2D eigenvalue weighted by molar-refractivity contribution is 0.0523. The number of nitrogens with zero attached hydrogens (tertiary/aromatic N) is 1. The van der Waals surface area contributed by atoms with Crippen molar-refractivity contribution in [1.82, 2.24) is 10.3 Å². The van der Waals surface area contributed by atoms with Crippen molar-refractivity contribution in [1.29, 1.82) is 0 Å². The Morgan fingerprint density at radius 3 is 2.68 bits per heavy atom. The van der Waals surface area contributed by atoms with Crippen molar-refractivity contribution in [3.8, 4) is 0 Å². The largest absolute Gasteiger partial charge is 0.444 e. The van der Waals surface area contributed by atoms with Gasteiger partial charge in [0.1, 0.15) is 15.6 Å².